The van der Waals surface area contributed by atoms with E-state index >= 15 is 0 Å². The number of thiophene rings is 1. The van der Waals surface area contributed by atoms with E-state index < -0.39 is 0 Å². The van der Waals surface area contributed by atoms with Gasteiger partial charge < -0.3 is 4.90 Å². The first-order chi connectivity index (χ1) is 26.6. The highest BCUT2D eigenvalue weighted by molar-refractivity contribution is 7.26. The molecule has 8 aromatic carbocycles. The molecule has 1 aromatic heterocycles. The molecule has 1 nitrogen and oxygen atoms in total. The molecule has 1 heterocycles. The zero-order chi connectivity index (χ0) is 35.9. The lowest BCUT2D eigenvalue weighted by Crippen LogP contribution is -2.18. The van der Waals surface area contributed by atoms with Crippen LogP contribution in [0.5, 0.6) is 0 Å². The van der Waals surface area contributed by atoms with Crippen LogP contribution in [0.3, 0.4) is 0 Å². The molecule has 2 aliphatic rings. The largest absolute Gasteiger partial charge is 0.308 e. The number of anilines is 3. The van der Waals surface area contributed by atoms with Crippen molar-refractivity contribution in [3.8, 4) is 44.5 Å². The van der Waals surface area contributed by atoms with Gasteiger partial charge in [-0.1, -0.05) is 140 Å². The average Bonchev–Trinajstić information content (AvgIpc) is 3.91. The molecule has 11 rings (SSSR count). The number of aryl methyl sites for hydroxylation is 1. The molecule has 2 heteroatoms. The van der Waals surface area contributed by atoms with Crippen molar-refractivity contribution in [1.82, 2.24) is 0 Å². The summed E-state index contributed by atoms with van der Waals surface area (Å²) in [7, 11) is 0. The minimum atomic E-state index is 0.875. The van der Waals surface area contributed by atoms with E-state index in [1.54, 1.807) is 0 Å². The van der Waals surface area contributed by atoms with E-state index in [2.05, 4.69) is 183 Å². The molecule has 0 spiro atoms. The molecule has 2 aliphatic carbocycles. The van der Waals surface area contributed by atoms with Gasteiger partial charge in [0.1, 0.15) is 0 Å². The smallest absolute Gasteiger partial charge is 0.0588 e. The Balaban J connectivity index is 1.36. The third kappa shape index (κ3) is 4.63. The second-order valence-corrected chi connectivity index (χ2v) is 15.9. The monoisotopic (exact) mass is 707 g/mol. The van der Waals surface area contributed by atoms with Gasteiger partial charge in [-0.15, -0.1) is 11.3 Å². The molecule has 0 saturated heterocycles. The predicted octanol–water partition coefficient (Wildman–Crippen LogP) is 14.6. The highest BCUT2D eigenvalue weighted by atomic mass is 32.1. The van der Waals surface area contributed by atoms with E-state index in [1.807, 2.05) is 11.3 Å². The molecule has 0 radical (unpaired) electrons. The van der Waals surface area contributed by atoms with Crippen LogP contribution in [0.25, 0.3) is 64.7 Å². The van der Waals surface area contributed by atoms with Crippen LogP contribution < -0.4 is 4.90 Å². The van der Waals surface area contributed by atoms with Crippen LogP contribution in [0, 0.1) is 13.8 Å². The standard InChI is InChI=1S/C52H37NS/c1-32-28-42-38-22-11-9-20-36(38)29-44(42)51(33(32)2)53(46-25-15-27-48-50(46)40-24-13-14-26-47(40)54-48)52-45-30-37-21-10-12-23-39(37)43(45)31-41(34-16-5-3-6-17-34)49(52)35-18-7-4-8-19-35/h3-28,31H,29-30H2,1-2H3. The SMILES string of the molecule is Cc1cc2c(c(N(c3c4c(cc(-c5ccccc5)c3-c3ccccc3)-c3ccccc3C4)c3cccc4sc5ccccc5c34)c1C)Cc1ccccc1-2. The van der Waals surface area contributed by atoms with E-state index in [1.165, 1.54) is 115 Å². The van der Waals surface area contributed by atoms with E-state index in [0.717, 1.165) is 12.8 Å². The number of nitrogens with zero attached hydrogens (tertiary/aromatic N) is 1. The summed E-state index contributed by atoms with van der Waals surface area (Å²) < 4.78 is 2.63. The quantitative estimate of drug-likeness (QED) is 0.172. The number of rotatable bonds is 5. The Kier molecular flexibility index (Phi) is 7.05. The lowest BCUT2D eigenvalue weighted by atomic mass is 9.86. The van der Waals surface area contributed by atoms with Gasteiger partial charge in [0, 0.05) is 38.6 Å². The van der Waals surface area contributed by atoms with Crippen LogP contribution in [0.1, 0.15) is 33.4 Å². The summed E-state index contributed by atoms with van der Waals surface area (Å²) in [6.45, 7) is 4.66. The summed E-state index contributed by atoms with van der Waals surface area (Å²) >= 11 is 1.90. The highest BCUT2D eigenvalue weighted by Crippen LogP contribution is 2.58. The van der Waals surface area contributed by atoms with Gasteiger partial charge in [0.05, 0.1) is 17.1 Å². The van der Waals surface area contributed by atoms with E-state index in [0.29, 0.717) is 0 Å². The number of fused-ring (bicyclic) bond motifs is 9. The fourth-order valence-corrected chi connectivity index (χ4v) is 10.5. The van der Waals surface area contributed by atoms with Crippen molar-refractivity contribution in [2.45, 2.75) is 26.7 Å². The summed E-state index contributed by atoms with van der Waals surface area (Å²) in [4.78, 5) is 2.73. The first-order valence-corrected chi connectivity index (χ1v) is 19.8. The van der Waals surface area contributed by atoms with Gasteiger partial charge in [-0.3, -0.25) is 0 Å². The lowest BCUT2D eigenvalue weighted by molar-refractivity contribution is 1.15. The fourth-order valence-electron chi connectivity index (χ4n) is 9.34. The topological polar surface area (TPSA) is 3.24 Å². The van der Waals surface area contributed by atoms with Gasteiger partial charge >= 0.3 is 0 Å². The van der Waals surface area contributed by atoms with E-state index in [9.17, 15) is 0 Å². The fraction of sp³-hybridized carbons (Fsp3) is 0.0769. The molecule has 0 aliphatic heterocycles. The highest BCUT2D eigenvalue weighted by Gasteiger charge is 2.35. The third-order valence-corrected chi connectivity index (χ3v) is 13.0. The molecule has 54 heavy (non-hydrogen) atoms. The third-order valence-electron chi connectivity index (χ3n) is 11.9. The van der Waals surface area contributed by atoms with Crippen molar-refractivity contribution in [2.75, 3.05) is 4.90 Å². The second-order valence-electron chi connectivity index (χ2n) is 14.9. The van der Waals surface area contributed by atoms with Crippen LogP contribution in [-0.4, -0.2) is 0 Å². The van der Waals surface area contributed by atoms with Crippen LogP contribution >= 0.6 is 11.3 Å². The Morgan fingerprint density at radius 3 is 1.76 bits per heavy atom. The Morgan fingerprint density at radius 2 is 1.04 bits per heavy atom. The average molecular weight is 708 g/mol. The molecule has 256 valence electrons. The minimum Gasteiger partial charge on any atom is -0.308 e. The Morgan fingerprint density at radius 1 is 0.463 bits per heavy atom. The van der Waals surface area contributed by atoms with Crippen LogP contribution in [0.2, 0.25) is 0 Å². The van der Waals surface area contributed by atoms with Crippen molar-refractivity contribution in [2.24, 2.45) is 0 Å². The zero-order valence-corrected chi connectivity index (χ0v) is 31.2. The maximum absolute atomic E-state index is 2.73. The lowest BCUT2D eigenvalue weighted by Gasteiger charge is -2.35. The van der Waals surface area contributed by atoms with Crippen LogP contribution in [-0.2, 0) is 12.8 Å². The first-order valence-electron chi connectivity index (χ1n) is 18.9. The van der Waals surface area contributed by atoms with Gasteiger partial charge in [-0.25, -0.2) is 0 Å². The summed E-state index contributed by atoms with van der Waals surface area (Å²) in [6.07, 6.45) is 1.78. The van der Waals surface area contributed by atoms with Crippen molar-refractivity contribution in [1.29, 1.82) is 0 Å². The molecule has 0 atom stereocenters. The molecular weight excluding hydrogens is 671 g/mol. The van der Waals surface area contributed by atoms with Crippen molar-refractivity contribution in [3.05, 3.63) is 197 Å². The summed E-state index contributed by atoms with van der Waals surface area (Å²) in [5, 5.41) is 2.63. The second kappa shape index (κ2) is 12.2. The number of benzene rings is 8. The number of hydrogen-bond donors (Lipinski definition) is 0. The number of hydrogen-bond acceptors (Lipinski definition) is 2. The van der Waals surface area contributed by atoms with Crippen LogP contribution in [0.15, 0.2) is 164 Å². The molecule has 9 aromatic rings. The van der Waals surface area contributed by atoms with Gasteiger partial charge in [-0.05, 0) is 110 Å². The van der Waals surface area contributed by atoms with Crippen molar-refractivity contribution in [3.63, 3.8) is 0 Å². The van der Waals surface area contributed by atoms with Gasteiger partial charge in [0.25, 0.3) is 0 Å². The van der Waals surface area contributed by atoms with Gasteiger partial charge in [0.2, 0.25) is 0 Å². The van der Waals surface area contributed by atoms with Gasteiger partial charge in [0.15, 0.2) is 0 Å². The first kappa shape index (κ1) is 31.3. The van der Waals surface area contributed by atoms with Crippen molar-refractivity contribution < 1.29 is 0 Å². The van der Waals surface area contributed by atoms with E-state index in [-0.39, 0.29) is 0 Å². The van der Waals surface area contributed by atoms with E-state index in [4.69, 9.17) is 0 Å². The zero-order valence-electron chi connectivity index (χ0n) is 30.4. The molecule has 0 unspecified atom stereocenters. The minimum absolute atomic E-state index is 0.875. The Bertz CT molecular complexity index is 2950. The normalized spacial score (nSPS) is 12.5. The van der Waals surface area contributed by atoms with Gasteiger partial charge in [-0.2, -0.15) is 0 Å². The Hall–Kier alpha value is -6.22. The maximum atomic E-state index is 2.73. The Labute approximate surface area is 320 Å². The summed E-state index contributed by atoms with van der Waals surface area (Å²) in [5.41, 5.74) is 22.4. The molecule has 0 N–H and O–H groups in total. The molecule has 0 saturated carbocycles. The molecule has 0 fully saturated rings. The maximum Gasteiger partial charge on any atom is 0.0588 e. The predicted molar refractivity (Wildman–Crippen MR) is 231 cm³/mol. The molecule has 0 bridgehead atoms. The molecule has 0 amide bonds. The molecular formula is C52H37NS. The summed E-state index contributed by atoms with van der Waals surface area (Å²) in [6, 6.07) is 61.1. The van der Waals surface area contributed by atoms with Crippen LogP contribution in [0.4, 0.5) is 17.1 Å². The van der Waals surface area contributed by atoms with Crippen molar-refractivity contribution >= 4 is 48.6 Å². The summed E-state index contributed by atoms with van der Waals surface area (Å²) in [5.74, 6) is 0.